The maximum Gasteiger partial charge on any atom is 0.339 e. The van der Waals surface area contributed by atoms with Gasteiger partial charge in [-0.3, -0.25) is 0 Å². The molecule has 0 aromatic heterocycles. The van der Waals surface area contributed by atoms with Gasteiger partial charge in [-0.15, -0.1) is 0 Å². The Bertz CT molecular complexity index is 487. The van der Waals surface area contributed by atoms with Gasteiger partial charge in [0.2, 0.25) is 0 Å². The molecule has 1 aromatic rings. The first-order valence-corrected chi connectivity index (χ1v) is 5.62. The predicted octanol–water partition coefficient (Wildman–Crippen LogP) is 0.694. The van der Waals surface area contributed by atoms with Crippen molar-refractivity contribution in [3.05, 3.63) is 34.3 Å². The summed E-state index contributed by atoms with van der Waals surface area (Å²) < 4.78 is 8.83. The van der Waals surface area contributed by atoms with E-state index in [1.54, 1.807) is 0 Å². The van der Waals surface area contributed by atoms with Gasteiger partial charge < -0.3 is 19.7 Å². The van der Waals surface area contributed by atoms with E-state index in [-0.39, 0.29) is 16.1 Å². The molecule has 1 rings (SSSR count). The largest absolute Gasteiger partial charge is 0.467 e. The van der Waals surface area contributed by atoms with Crippen molar-refractivity contribution in [2.75, 3.05) is 14.2 Å². The molecule has 104 valence electrons. The number of halogens is 1. The van der Waals surface area contributed by atoms with Gasteiger partial charge in [0.05, 0.1) is 24.8 Å². The van der Waals surface area contributed by atoms with Crippen LogP contribution in [0.1, 0.15) is 22.0 Å². The van der Waals surface area contributed by atoms with E-state index in [1.165, 1.54) is 25.3 Å². The van der Waals surface area contributed by atoms with Gasteiger partial charge in [-0.1, -0.05) is 17.7 Å². The number of rotatable bonds is 4. The molecule has 0 aliphatic rings. The van der Waals surface area contributed by atoms with Gasteiger partial charge in [0.1, 0.15) is 6.10 Å². The molecule has 2 atom stereocenters. The molecule has 0 spiro atoms. The van der Waals surface area contributed by atoms with Crippen molar-refractivity contribution in [1.82, 2.24) is 0 Å². The van der Waals surface area contributed by atoms with Crippen LogP contribution in [0, 0.1) is 0 Å². The van der Waals surface area contributed by atoms with Crippen LogP contribution >= 0.6 is 11.6 Å². The number of hydrogen-bond donors (Lipinski definition) is 2. The maximum atomic E-state index is 11.4. The second-order valence-electron chi connectivity index (χ2n) is 3.64. The van der Waals surface area contributed by atoms with Gasteiger partial charge in [0.25, 0.3) is 0 Å². The Labute approximate surface area is 114 Å². The Balaban J connectivity index is 3.08. The van der Waals surface area contributed by atoms with Crippen LogP contribution in [0.4, 0.5) is 0 Å². The summed E-state index contributed by atoms with van der Waals surface area (Å²) >= 11 is 5.81. The Morgan fingerprint density at radius 2 is 1.84 bits per heavy atom. The van der Waals surface area contributed by atoms with Crippen molar-refractivity contribution in [1.29, 1.82) is 0 Å². The van der Waals surface area contributed by atoms with Crippen molar-refractivity contribution >= 4 is 23.5 Å². The monoisotopic (exact) mass is 288 g/mol. The van der Waals surface area contributed by atoms with Crippen molar-refractivity contribution in [2.24, 2.45) is 0 Å². The van der Waals surface area contributed by atoms with Crippen LogP contribution in [-0.4, -0.2) is 42.5 Å². The summed E-state index contributed by atoms with van der Waals surface area (Å²) in [4.78, 5) is 22.5. The number of aliphatic hydroxyl groups excluding tert-OH is 2. The third kappa shape index (κ3) is 3.44. The second-order valence-corrected chi connectivity index (χ2v) is 4.05. The third-order valence-electron chi connectivity index (χ3n) is 2.48. The third-order valence-corrected chi connectivity index (χ3v) is 2.81. The molecule has 0 heterocycles. The lowest BCUT2D eigenvalue weighted by Crippen LogP contribution is -2.29. The number of benzene rings is 1. The van der Waals surface area contributed by atoms with Crippen LogP contribution in [0.25, 0.3) is 0 Å². The van der Waals surface area contributed by atoms with Crippen LogP contribution in [0.3, 0.4) is 0 Å². The summed E-state index contributed by atoms with van der Waals surface area (Å²) in [7, 11) is 2.27. The Morgan fingerprint density at radius 3 is 2.37 bits per heavy atom. The molecule has 2 N–H and O–H groups in total. The van der Waals surface area contributed by atoms with E-state index in [1.807, 2.05) is 0 Å². The van der Waals surface area contributed by atoms with Crippen molar-refractivity contribution in [3.63, 3.8) is 0 Å². The first-order chi connectivity index (χ1) is 8.92. The second kappa shape index (κ2) is 6.51. The fourth-order valence-corrected chi connectivity index (χ4v) is 1.62. The van der Waals surface area contributed by atoms with Crippen molar-refractivity contribution in [2.45, 2.75) is 12.2 Å². The summed E-state index contributed by atoms with van der Waals surface area (Å²) in [5, 5.41) is 19.5. The van der Waals surface area contributed by atoms with Crippen molar-refractivity contribution in [3.8, 4) is 0 Å². The summed E-state index contributed by atoms with van der Waals surface area (Å²) in [5.41, 5.74) is 0.167. The first-order valence-electron chi connectivity index (χ1n) is 5.24. The van der Waals surface area contributed by atoms with Crippen LogP contribution in [0.5, 0.6) is 0 Å². The number of ether oxygens (including phenoxy) is 2. The average Bonchev–Trinajstić information content (AvgIpc) is 2.44. The smallest absolute Gasteiger partial charge is 0.339 e. The lowest BCUT2D eigenvalue weighted by molar-refractivity contribution is -0.156. The highest BCUT2D eigenvalue weighted by Gasteiger charge is 2.27. The maximum absolute atomic E-state index is 11.4. The Kier molecular flexibility index (Phi) is 5.29. The summed E-state index contributed by atoms with van der Waals surface area (Å²) in [6.45, 7) is 0. The van der Waals surface area contributed by atoms with Crippen LogP contribution in [0.2, 0.25) is 5.02 Å². The number of methoxy groups -OCH3 is 2. The molecule has 19 heavy (non-hydrogen) atoms. The molecule has 0 fully saturated rings. The molecular formula is C12H13ClO6. The number of hydrogen-bond acceptors (Lipinski definition) is 6. The normalized spacial score (nSPS) is 13.5. The first kappa shape index (κ1) is 15.4. The highest BCUT2D eigenvalue weighted by Crippen LogP contribution is 2.24. The molecule has 0 radical (unpaired) electrons. The zero-order valence-corrected chi connectivity index (χ0v) is 11.0. The van der Waals surface area contributed by atoms with Gasteiger partial charge in [-0.2, -0.15) is 0 Å². The minimum Gasteiger partial charge on any atom is -0.467 e. The number of carbonyl (C=O) groups excluding carboxylic acids is 2. The van der Waals surface area contributed by atoms with Gasteiger partial charge in [0.15, 0.2) is 6.10 Å². The van der Waals surface area contributed by atoms with E-state index < -0.39 is 24.1 Å². The zero-order valence-electron chi connectivity index (χ0n) is 10.3. The summed E-state index contributed by atoms with van der Waals surface area (Å²) in [5.74, 6) is -1.67. The van der Waals surface area contributed by atoms with Crippen LogP contribution in [-0.2, 0) is 14.3 Å². The van der Waals surface area contributed by atoms with E-state index in [0.29, 0.717) is 0 Å². The van der Waals surface area contributed by atoms with E-state index in [9.17, 15) is 19.8 Å². The van der Waals surface area contributed by atoms with Crippen molar-refractivity contribution < 1.29 is 29.3 Å². The average molecular weight is 289 g/mol. The molecule has 2 unspecified atom stereocenters. The molecule has 0 aliphatic heterocycles. The highest BCUT2D eigenvalue weighted by atomic mass is 35.5. The minimum absolute atomic E-state index is 0.0257. The number of carbonyl (C=O) groups is 2. The van der Waals surface area contributed by atoms with Gasteiger partial charge >= 0.3 is 11.9 Å². The number of aliphatic hydroxyl groups is 2. The van der Waals surface area contributed by atoms with Gasteiger partial charge in [0, 0.05) is 0 Å². The van der Waals surface area contributed by atoms with E-state index >= 15 is 0 Å². The zero-order chi connectivity index (χ0) is 14.6. The molecule has 0 bridgehead atoms. The molecule has 0 aliphatic carbocycles. The van der Waals surface area contributed by atoms with E-state index in [2.05, 4.69) is 9.47 Å². The molecule has 1 aromatic carbocycles. The summed E-state index contributed by atoms with van der Waals surface area (Å²) in [6, 6.07) is 3.98. The van der Waals surface area contributed by atoms with Gasteiger partial charge in [-0.05, 0) is 17.7 Å². The molecule has 7 heteroatoms. The molecular weight excluding hydrogens is 276 g/mol. The lowest BCUT2D eigenvalue weighted by atomic mass is 10.0. The lowest BCUT2D eigenvalue weighted by Gasteiger charge is -2.16. The summed E-state index contributed by atoms with van der Waals surface area (Å²) in [6.07, 6.45) is -3.29. The van der Waals surface area contributed by atoms with Gasteiger partial charge in [-0.25, -0.2) is 9.59 Å². The Morgan fingerprint density at radius 1 is 1.21 bits per heavy atom. The topological polar surface area (TPSA) is 93.1 Å². The Hall–Kier alpha value is -1.63. The van der Waals surface area contributed by atoms with E-state index in [0.717, 1.165) is 7.11 Å². The fourth-order valence-electron chi connectivity index (χ4n) is 1.43. The molecule has 6 nitrogen and oxygen atoms in total. The van der Waals surface area contributed by atoms with Crippen LogP contribution < -0.4 is 0 Å². The minimum atomic E-state index is -1.75. The SMILES string of the molecule is COC(=O)c1cc(C(O)C(O)C(=O)OC)ccc1Cl. The predicted molar refractivity (Wildman–Crippen MR) is 65.8 cm³/mol. The van der Waals surface area contributed by atoms with E-state index in [4.69, 9.17) is 11.6 Å². The van der Waals surface area contributed by atoms with Crippen LogP contribution in [0.15, 0.2) is 18.2 Å². The molecule has 0 saturated carbocycles. The standard InChI is InChI=1S/C12H13ClO6/c1-18-11(16)7-5-6(3-4-8(7)13)9(14)10(15)12(17)19-2/h3-5,9-10,14-15H,1-2H3. The fraction of sp³-hybridized carbons (Fsp3) is 0.333. The molecule has 0 saturated heterocycles. The quantitative estimate of drug-likeness (QED) is 0.792. The highest BCUT2D eigenvalue weighted by molar-refractivity contribution is 6.33. The molecule has 0 amide bonds. The number of esters is 2.